The van der Waals surface area contributed by atoms with Crippen molar-refractivity contribution in [1.29, 1.82) is 0 Å². The van der Waals surface area contributed by atoms with Gasteiger partial charge in [-0.2, -0.15) is 0 Å². The highest BCUT2D eigenvalue weighted by molar-refractivity contribution is 5.79. The van der Waals surface area contributed by atoms with Gasteiger partial charge in [0.2, 0.25) is 0 Å². The van der Waals surface area contributed by atoms with Gasteiger partial charge in [-0.3, -0.25) is 4.57 Å². The van der Waals surface area contributed by atoms with Crippen molar-refractivity contribution in [2.75, 3.05) is 0 Å². The molecule has 124 valence electrons. The number of aromatic nitrogens is 3. The predicted octanol–water partition coefficient (Wildman–Crippen LogP) is 4.35. The lowest BCUT2D eigenvalue weighted by atomic mass is 10.2. The van der Waals surface area contributed by atoms with Gasteiger partial charge in [-0.15, -0.1) is 0 Å². The van der Waals surface area contributed by atoms with E-state index in [9.17, 15) is 5.11 Å². The smallest absolute Gasteiger partial charge is 0.200 e. The molecular formula is C21H19N3O. The van der Waals surface area contributed by atoms with Crippen LogP contribution in [-0.4, -0.2) is 19.6 Å². The number of aryl methyl sites for hydroxylation is 1. The van der Waals surface area contributed by atoms with E-state index < -0.39 is 0 Å². The fourth-order valence-electron chi connectivity index (χ4n) is 2.51. The summed E-state index contributed by atoms with van der Waals surface area (Å²) in [7, 11) is 0. The number of rotatable bonds is 4. The normalized spacial score (nSPS) is 11.6. The highest BCUT2D eigenvalue weighted by atomic mass is 16.3. The van der Waals surface area contributed by atoms with Gasteiger partial charge in [0.05, 0.1) is 11.0 Å². The summed E-state index contributed by atoms with van der Waals surface area (Å²) in [6, 6.07) is 13.4. The van der Waals surface area contributed by atoms with Crippen molar-refractivity contribution >= 4 is 16.9 Å². The topological polar surface area (TPSA) is 50.9 Å². The number of nitrogens with zero attached hydrogens (tertiary/aromatic N) is 3. The van der Waals surface area contributed by atoms with Crippen molar-refractivity contribution in [3.63, 3.8) is 0 Å². The highest BCUT2D eigenvalue weighted by Gasteiger charge is 2.14. The average Bonchev–Trinajstić information content (AvgIpc) is 3.03. The zero-order chi connectivity index (χ0) is 17.6. The van der Waals surface area contributed by atoms with Crippen molar-refractivity contribution in [3.05, 3.63) is 78.4 Å². The van der Waals surface area contributed by atoms with E-state index in [1.807, 2.05) is 49.4 Å². The van der Waals surface area contributed by atoms with Gasteiger partial charge in [0.1, 0.15) is 11.5 Å². The van der Waals surface area contributed by atoms with Crippen LogP contribution in [0.5, 0.6) is 0 Å². The molecule has 0 aliphatic rings. The second-order valence-electron chi connectivity index (χ2n) is 5.58. The Morgan fingerprint density at radius 3 is 2.80 bits per heavy atom. The Labute approximate surface area is 147 Å². The Hall–Kier alpha value is -3.32. The van der Waals surface area contributed by atoms with Crippen LogP contribution in [0.4, 0.5) is 0 Å². The van der Waals surface area contributed by atoms with Crippen LogP contribution < -0.4 is 0 Å². The molecule has 0 spiro atoms. The number of fused-ring (bicyclic) bond motifs is 1. The van der Waals surface area contributed by atoms with Crippen molar-refractivity contribution < 1.29 is 5.11 Å². The molecule has 0 atom stereocenters. The van der Waals surface area contributed by atoms with E-state index in [2.05, 4.69) is 28.4 Å². The fourth-order valence-corrected chi connectivity index (χ4v) is 2.51. The second kappa shape index (κ2) is 7.50. The molecule has 2 heterocycles. The number of aliphatic hydroxyl groups is 1. The third-order valence-corrected chi connectivity index (χ3v) is 3.86. The van der Waals surface area contributed by atoms with Crippen molar-refractivity contribution in [2.45, 2.75) is 19.8 Å². The summed E-state index contributed by atoms with van der Waals surface area (Å²) in [5.41, 5.74) is 3.16. The van der Waals surface area contributed by atoms with Gasteiger partial charge in [0.25, 0.3) is 0 Å². The molecule has 1 N–H and O–H groups in total. The monoisotopic (exact) mass is 329 g/mol. The molecule has 0 saturated heterocycles. The maximum absolute atomic E-state index is 10.6. The summed E-state index contributed by atoms with van der Waals surface area (Å²) in [5, 5.41) is 10.6. The zero-order valence-corrected chi connectivity index (χ0v) is 14.1. The lowest BCUT2D eigenvalue weighted by molar-refractivity contribution is 0.466. The van der Waals surface area contributed by atoms with Crippen LogP contribution in [-0.2, 0) is 6.42 Å². The SMILES string of the molecule is C=C/C(C)=C(\O)n1c(CCC#Cc2ccccn2)nc2ccccc21. The number of para-hydroxylation sites is 2. The fraction of sp³-hybridized carbons (Fsp3) is 0.143. The summed E-state index contributed by atoms with van der Waals surface area (Å²) in [6.45, 7) is 5.55. The number of hydrogen-bond acceptors (Lipinski definition) is 3. The number of benzene rings is 1. The molecule has 25 heavy (non-hydrogen) atoms. The summed E-state index contributed by atoms with van der Waals surface area (Å²) < 4.78 is 1.77. The highest BCUT2D eigenvalue weighted by Crippen LogP contribution is 2.22. The number of pyridine rings is 1. The molecule has 1 aromatic carbocycles. The summed E-state index contributed by atoms with van der Waals surface area (Å²) in [6.07, 6.45) is 4.61. The van der Waals surface area contributed by atoms with Gasteiger partial charge in [-0.05, 0) is 37.1 Å². The van der Waals surface area contributed by atoms with Crippen LogP contribution in [0.3, 0.4) is 0 Å². The van der Waals surface area contributed by atoms with Crippen LogP contribution in [0.1, 0.15) is 24.9 Å². The molecule has 2 aromatic heterocycles. The Bertz CT molecular complexity index is 988. The third-order valence-electron chi connectivity index (χ3n) is 3.86. The molecule has 3 rings (SSSR count). The van der Waals surface area contributed by atoms with Gasteiger partial charge >= 0.3 is 0 Å². The first-order valence-electron chi connectivity index (χ1n) is 8.09. The minimum absolute atomic E-state index is 0.149. The minimum Gasteiger partial charge on any atom is -0.494 e. The molecule has 0 bridgehead atoms. The zero-order valence-electron chi connectivity index (χ0n) is 14.1. The van der Waals surface area contributed by atoms with E-state index in [-0.39, 0.29) is 5.88 Å². The molecule has 0 aliphatic heterocycles. The summed E-state index contributed by atoms with van der Waals surface area (Å²) in [4.78, 5) is 8.83. The molecule has 4 nitrogen and oxygen atoms in total. The lowest BCUT2D eigenvalue weighted by Gasteiger charge is -2.09. The quantitative estimate of drug-likeness (QED) is 0.440. The molecule has 0 amide bonds. The maximum Gasteiger partial charge on any atom is 0.200 e. The Morgan fingerprint density at radius 1 is 1.24 bits per heavy atom. The Morgan fingerprint density at radius 2 is 2.04 bits per heavy atom. The minimum atomic E-state index is 0.149. The average molecular weight is 329 g/mol. The van der Waals surface area contributed by atoms with Gasteiger partial charge in [0, 0.05) is 24.6 Å². The Kier molecular flexibility index (Phi) is 4.96. The van der Waals surface area contributed by atoms with Gasteiger partial charge in [-0.1, -0.05) is 36.8 Å². The van der Waals surface area contributed by atoms with Gasteiger partial charge in [-0.25, -0.2) is 9.97 Å². The first kappa shape index (κ1) is 16.5. The molecular weight excluding hydrogens is 310 g/mol. The second-order valence-corrected chi connectivity index (χ2v) is 5.58. The first-order valence-corrected chi connectivity index (χ1v) is 8.09. The van der Waals surface area contributed by atoms with Gasteiger partial charge < -0.3 is 5.11 Å². The summed E-state index contributed by atoms with van der Waals surface area (Å²) in [5.74, 6) is 7.09. The van der Waals surface area contributed by atoms with Crippen molar-refractivity contribution in [1.82, 2.24) is 14.5 Å². The number of imidazole rings is 1. The van der Waals surface area contributed by atoms with Crippen LogP contribution in [0.15, 0.2) is 66.9 Å². The molecule has 0 unspecified atom stereocenters. The third kappa shape index (κ3) is 3.61. The van der Waals surface area contributed by atoms with Crippen LogP contribution in [0, 0.1) is 11.8 Å². The van der Waals surface area contributed by atoms with Crippen molar-refractivity contribution in [3.8, 4) is 11.8 Å². The van der Waals surface area contributed by atoms with Crippen LogP contribution in [0.25, 0.3) is 16.9 Å². The van der Waals surface area contributed by atoms with Crippen molar-refractivity contribution in [2.24, 2.45) is 0 Å². The maximum atomic E-state index is 10.6. The molecule has 3 aromatic rings. The van der Waals surface area contributed by atoms with E-state index in [0.717, 1.165) is 22.6 Å². The number of aliphatic hydroxyl groups excluding tert-OH is 1. The Balaban J connectivity index is 1.91. The molecule has 0 saturated carbocycles. The number of hydrogen-bond donors (Lipinski definition) is 1. The molecule has 4 heteroatoms. The van der Waals surface area contributed by atoms with E-state index in [1.165, 1.54) is 0 Å². The number of allylic oxidation sites excluding steroid dienone is 2. The van der Waals surface area contributed by atoms with E-state index >= 15 is 0 Å². The van der Waals surface area contributed by atoms with Crippen LogP contribution >= 0.6 is 0 Å². The van der Waals surface area contributed by atoms with E-state index in [1.54, 1.807) is 16.8 Å². The lowest BCUT2D eigenvalue weighted by Crippen LogP contribution is -2.04. The van der Waals surface area contributed by atoms with E-state index in [4.69, 9.17) is 0 Å². The van der Waals surface area contributed by atoms with E-state index in [0.29, 0.717) is 18.4 Å². The van der Waals surface area contributed by atoms with Gasteiger partial charge in [0.15, 0.2) is 5.88 Å². The predicted molar refractivity (Wildman–Crippen MR) is 101 cm³/mol. The largest absolute Gasteiger partial charge is 0.494 e. The first-order chi connectivity index (χ1) is 12.2. The standard InChI is InChI=1S/C21H19N3O/c1-3-16(2)21(25)24-19-13-6-5-12-18(19)23-20(24)14-7-4-10-17-11-8-9-15-22-17/h3,5-6,8-9,11-13,15,25H,1,7,14H2,2H3/b21-16-. The summed E-state index contributed by atoms with van der Waals surface area (Å²) >= 11 is 0. The molecule has 0 radical (unpaired) electrons. The molecule has 0 aliphatic carbocycles. The van der Waals surface area contributed by atoms with Crippen LogP contribution in [0.2, 0.25) is 0 Å². The molecule has 0 fully saturated rings.